The molecule has 0 atom stereocenters. The van der Waals surface area contributed by atoms with E-state index in [0.717, 1.165) is 12.0 Å². The SMILES string of the molecule is Cc1ccc(C#N)c(OCCCN)c1. The minimum absolute atomic E-state index is 0.564. The number of aryl methyl sites for hydroxylation is 1. The summed E-state index contributed by atoms with van der Waals surface area (Å²) >= 11 is 0. The van der Waals surface area contributed by atoms with Crippen molar-refractivity contribution >= 4 is 0 Å². The van der Waals surface area contributed by atoms with Gasteiger partial charge in [0.2, 0.25) is 0 Å². The maximum Gasteiger partial charge on any atom is 0.137 e. The van der Waals surface area contributed by atoms with Crippen LogP contribution in [0, 0.1) is 18.3 Å². The van der Waals surface area contributed by atoms with Crippen LogP contribution in [0.25, 0.3) is 0 Å². The van der Waals surface area contributed by atoms with Crippen LogP contribution in [0.5, 0.6) is 5.75 Å². The van der Waals surface area contributed by atoms with Crippen LogP contribution < -0.4 is 10.5 Å². The Morgan fingerprint density at radius 3 is 2.93 bits per heavy atom. The van der Waals surface area contributed by atoms with Crippen molar-refractivity contribution in [2.45, 2.75) is 13.3 Å². The van der Waals surface area contributed by atoms with Crippen molar-refractivity contribution in [3.05, 3.63) is 29.3 Å². The lowest BCUT2D eigenvalue weighted by Gasteiger charge is -2.07. The smallest absolute Gasteiger partial charge is 0.137 e. The van der Waals surface area contributed by atoms with E-state index in [-0.39, 0.29) is 0 Å². The van der Waals surface area contributed by atoms with Gasteiger partial charge < -0.3 is 10.5 Å². The summed E-state index contributed by atoms with van der Waals surface area (Å²) in [6, 6.07) is 7.63. The molecule has 1 aromatic rings. The topological polar surface area (TPSA) is 59.0 Å². The standard InChI is InChI=1S/C11H14N2O/c1-9-3-4-10(8-13)11(7-9)14-6-2-5-12/h3-4,7H,2,5-6,12H2,1H3. The Kier molecular flexibility index (Phi) is 3.96. The quantitative estimate of drug-likeness (QED) is 0.733. The van der Waals surface area contributed by atoms with E-state index < -0.39 is 0 Å². The lowest BCUT2D eigenvalue weighted by atomic mass is 10.1. The van der Waals surface area contributed by atoms with Crippen molar-refractivity contribution < 1.29 is 4.74 Å². The van der Waals surface area contributed by atoms with E-state index in [2.05, 4.69) is 6.07 Å². The average molecular weight is 190 g/mol. The van der Waals surface area contributed by atoms with Gasteiger partial charge in [-0.2, -0.15) is 5.26 Å². The molecule has 0 radical (unpaired) electrons. The van der Waals surface area contributed by atoms with Gasteiger partial charge in [-0.25, -0.2) is 0 Å². The molecule has 3 heteroatoms. The zero-order valence-electron chi connectivity index (χ0n) is 8.29. The molecule has 74 valence electrons. The first-order chi connectivity index (χ1) is 6.77. The van der Waals surface area contributed by atoms with Crippen molar-refractivity contribution in [2.75, 3.05) is 13.2 Å². The fourth-order valence-electron chi connectivity index (χ4n) is 1.11. The highest BCUT2D eigenvalue weighted by molar-refractivity contribution is 5.44. The molecular formula is C11H14N2O. The minimum Gasteiger partial charge on any atom is -0.492 e. The molecule has 1 rings (SSSR count). The van der Waals surface area contributed by atoms with Gasteiger partial charge in [-0.3, -0.25) is 0 Å². The van der Waals surface area contributed by atoms with Gasteiger partial charge in [0.05, 0.1) is 12.2 Å². The molecule has 0 bridgehead atoms. The Morgan fingerprint density at radius 1 is 1.50 bits per heavy atom. The van der Waals surface area contributed by atoms with Crippen molar-refractivity contribution in [1.82, 2.24) is 0 Å². The average Bonchev–Trinajstić information content (AvgIpc) is 2.19. The summed E-state index contributed by atoms with van der Waals surface area (Å²) in [6.07, 6.45) is 0.804. The predicted molar refractivity (Wildman–Crippen MR) is 55.1 cm³/mol. The first kappa shape index (κ1) is 10.6. The first-order valence-electron chi connectivity index (χ1n) is 4.61. The summed E-state index contributed by atoms with van der Waals surface area (Å²) in [6.45, 7) is 3.14. The van der Waals surface area contributed by atoms with E-state index in [9.17, 15) is 0 Å². The van der Waals surface area contributed by atoms with Gasteiger partial charge in [-0.15, -0.1) is 0 Å². The Hall–Kier alpha value is -1.53. The highest BCUT2D eigenvalue weighted by Crippen LogP contribution is 2.19. The van der Waals surface area contributed by atoms with Crippen LogP contribution in [0.1, 0.15) is 17.5 Å². The van der Waals surface area contributed by atoms with Crippen molar-refractivity contribution in [3.8, 4) is 11.8 Å². The Labute approximate surface area is 84.1 Å². The number of hydrogen-bond donors (Lipinski definition) is 1. The second-order valence-electron chi connectivity index (χ2n) is 3.10. The second-order valence-corrected chi connectivity index (χ2v) is 3.10. The molecule has 2 N–H and O–H groups in total. The van der Waals surface area contributed by atoms with E-state index in [1.165, 1.54) is 0 Å². The van der Waals surface area contributed by atoms with Gasteiger partial charge in [-0.05, 0) is 37.6 Å². The van der Waals surface area contributed by atoms with Gasteiger partial charge in [0.1, 0.15) is 11.8 Å². The van der Waals surface area contributed by atoms with E-state index in [4.69, 9.17) is 15.7 Å². The van der Waals surface area contributed by atoms with Crippen molar-refractivity contribution in [3.63, 3.8) is 0 Å². The molecule has 0 unspecified atom stereocenters. The molecule has 3 nitrogen and oxygen atoms in total. The maximum absolute atomic E-state index is 8.81. The van der Waals surface area contributed by atoms with Crippen LogP contribution in [0.2, 0.25) is 0 Å². The fourth-order valence-corrected chi connectivity index (χ4v) is 1.11. The van der Waals surface area contributed by atoms with E-state index in [1.807, 2.05) is 19.1 Å². The van der Waals surface area contributed by atoms with Gasteiger partial charge in [-0.1, -0.05) is 6.07 Å². The molecule has 0 aliphatic rings. The molecule has 0 amide bonds. The third-order valence-corrected chi connectivity index (χ3v) is 1.86. The summed E-state index contributed by atoms with van der Waals surface area (Å²) in [4.78, 5) is 0. The number of benzene rings is 1. The van der Waals surface area contributed by atoms with Crippen LogP contribution in [0.4, 0.5) is 0 Å². The van der Waals surface area contributed by atoms with Crippen LogP contribution in [0.15, 0.2) is 18.2 Å². The van der Waals surface area contributed by atoms with Crippen LogP contribution in [0.3, 0.4) is 0 Å². The first-order valence-corrected chi connectivity index (χ1v) is 4.61. The number of rotatable bonds is 4. The number of nitrogens with two attached hydrogens (primary N) is 1. The summed E-state index contributed by atoms with van der Waals surface area (Å²) in [5, 5.41) is 8.81. The summed E-state index contributed by atoms with van der Waals surface area (Å²) in [5.41, 5.74) is 7.01. The predicted octanol–water partition coefficient (Wildman–Crippen LogP) is 1.59. The Bertz CT molecular complexity index is 342. The molecule has 0 aliphatic heterocycles. The molecule has 0 heterocycles. The molecule has 0 aromatic heterocycles. The van der Waals surface area contributed by atoms with Crippen LogP contribution >= 0.6 is 0 Å². The monoisotopic (exact) mass is 190 g/mol. The molecule has 14 heavy (non-hydrogen) atoms. The molecule has 0 spiro atoms. The highest BCUT2D eigenvalue weighted by Gasteiger charge is 2.02. The third kappa shape index (κ3) is 2.75. The lowest BCUT2D eigenvalue weighted by molar-refractivity contribution is 0.312. The van der Waals surface area contributed by atoms with E-state index >= 15 is 0 Å². The number of hydrogen-bond acceptors (Lipinski definition) is 3. The molecular weight excluding hydrogens is 176 g/mol. The maximum atomic E-state index is 8.81. The summed E-state index contributed by atoms with van der Waals surface area (Å²) in [5.74, 6) is 0.654. The summed E-state index contributed by atoms with van der Waals surface area (Å²) in [7, 11) is 0. The largest absolute Gasteiger partial charge is 0.492 e. The zero-order valence-corrected chi connectivity index (χ0v) is 8.29. The van der Waals surface area contributed by atoms with Gasteiger partial charge >= 0.3 is 0 Å². The fraction of sp³-hybridized carbons (Fsp3) is 0.364. The summed E-state index contributed by atoms with van der Waals surface area (Å²) < 4.78 is 5.45. The molecule has 0 saturated heterocycles. The van der Waals surface area contributed by atoms with E-state index in [1.54, 1.807) is 6.07 Å². The Balaban J connectivity index is 2.73. The van der Waals surface area contributed by atoms with Gasteiger partial charge in [0.25, 0.3) is 0 Å². The lowest BCUT2D eigenvalue weighted by Crippen LogP contribution is -2.06. The van der Waals surface area contributed by atoms with Crippen LogP contribution in [-0.4, -0.2) is 13.2 Å². The minimum atomic E-state index is 0.564. The normalized spacial score (nSPS) is 9.50. The van der Waals surface area contributed by atoms with Crippen molar-refractivity contribution in [1.29, 1.82) is 5.26 Å². The molecule has 0 saturated carbocycles. The zero-order chi connectivity index (χ0) is 10.4. The van der Waals surface area contributed by atoms with Crippen LogP contribution in [-0.2, 0) is 0 Å². The van der Waals surface area contributed by atoms with Gasteiger partial charge in [0, 0.05) is 0 Å². The highest BCUT2D eigenvalue weighted by atomic mass is 16.5. The third-order valence-electron chi connectivity index (χ3n) is 1.86. The number of nitrogens with zero attached hydrogens (tertiary/aromatic N) is 1. The van der Waals surface area contributed by atoms with Gasteiger partial charge in [0.15, 0.2) is 0 Å². The number of nitriles is 1. The number of ether oxygens (including phenoxy) is 1. The van der Waals surface area contributed by atoms with Crippen molar-refractivity contribution in [2.24, 2.45) is 5.73 Å². The Morgan fingerprint density at radius 2 is 2.29 bits per heavy atom. The molecule has 1 aromatic carbocycles. The molecule has 0 aliphatic carbocycles. The molecule has 0 fully saturated rings. The second kappa shape index (κ2) is 5.25. The van der Waals surface area contributed by atoms with E-state index in [0.29, 0.717) is 24.5 Å².